The molecule has 1 aliphatic heterocycles. The van der Waals surface area contributed by atoms with Crippen LogP contribution in [0.2, 0.25) is 0 Å². The lowest BCUT2D eigenvalue weighted by Gasteiger charge is -2.29. The monoisotopic (exact) mass is 520 g/mol. The Hall–Kier alpha value is -3.18. The average molecular weight is 521 g/mol. The van der Waals surface area contributed by atoms with Crippen LogP contribution >= 0.6 is 0 Å². The van der Waals surface area contributed by atoms with Gasteiger partial charge in [0.2, 0.25) is 17.7 Å². The van der Waals surface area contributed by atoms with E-state index in [1.54, 1.807) is 18.2 Å². The number of fused-ring (bicyclic) bond motifs is 1. The molecule has 0 aromatic heterocycles. The van der Waals surface area contributed by atoms with Crippen LogP contribution in [0.5, 0.6) is 5.75 Å². The summed E-state index contributed by atoms with van der Waals surface area (Å²) >= 11 is 0. The van der Waals surface area contributed by atoms with E-state index in [0.29, 0.717) is 12.8 Å². The van der Waals surface area contributed by atoms with Crippen molar-refractivity contribution in [2.75, 3.05) is 19.8 Å². The molecule has 0 radical (unpaired) electrons. The van der Waals surface area contributed by atoms with Crippen LogP contribution in [-0.4, -0.2) is 77.8 Å². The predicted octanol–water partition coefficient (Wildman–Crippen LogP) is 0.0987. The summed E-state index contributed by atoms with van der Waals surface area (Å²) in [5, 5.41) is 29.4. The third-order valence-electron chi connectivity index (χ3n) is 6.28. The molecule has 206 valence electrons. The summed E-state index contributed by atoms with van der Waals surface area (Å²) in [5.41, 5.74) is 0.158. The minimum Gasteiger partial charge on any atom is -0.491 e. The van der Waals surface area contributed by atoms with Gasteiger partial charge in [-0.2, -0.15) is 0 Å². The molecule has 0 spiro atoms. The summed E-state index contributed by atoms with van der Waals surface area (Å²) in [6, 6.07) is 2.98. The topological polar surface area (TPSA) is 166 Å². The Balaban J connectivity index is 2.45. The van der Waals surface area contributed by atoms with Crippen molar-refractivity contribution in [3.8, 4) is 5.75 Å². The van der Waals surface area contributed by atoms with Gasteiger partial charge in [-0.3, -0.25) is 19.2 Å². The maximum Gasteiger partial charge on any atom is 0.255 e. The highest BCUT2D eigenvalue weighted by Crippen LogP contribution is 2.20. The third kappa shape index (κ3) is 9.01. The van der Waals surface area contributed by atoms with Gasteiger partial charge in [0.15, 0.2) is 0 Å². The standard InChI is InChI=1S/C26H40N4O7/c1-5-16(4)23-26(36)27-17(10-15(2)3)14-37-21-9-7-6-8-19(21)24(34)29-20(11-22(33)30-23)25(35)28-18(12-31)13-32/h6-9,15-18,20,23,31-32H,5,10-14H2,1-4H3,(H,27,36)(H,28,35)(H,29,34)(H,30,33)/t16-,17+,20-,23-/m0/s1. The van der Waals surface area contributed by atoms with Crippen molar-refractivity contribution in [3.05, 3.63) is 29.8 Å². The van der Waals surface area contributed by atoms with Gasteiger partial charge in [-0.15, -0.1) is 0 Å². The van der Waals surface area contributed by atoms with Crippen LogP contribution in [0.3, 0.4) is 0 Å². The second-order valence-electron chi connectivity index (χ2n) is 9.87. The fourth-order valence-electron chi connectivity index (χ4n) is 4.01. The Bertz CT molecular complexity index is 935. The van der Waals surface area contributed by atoms with Crippen LogP contribution in [0.4, 0.5) is 0 Å². The molecule has 6 N–H and O–H groups in total. The third-order valence-corrected chi connectivity index (χ3v) is 6.28. The molecule has 0 unspecified atom stereocenters. The Morgan fingerprint density at radius 1 is 1.08 bits per heavy atom. The SMILES string of the molecule is CC[C@H](C)[C@@H]1NC(=O)C[C@@H](C(=O)NC(CO)CO)NC(=O)c2ccccc2OC[C@@H](CC(C)C)NC1=O. The van der Waals surface area contributed by atoms with Gasteiger partial charge in [-0.25, -0.2) is 0 Å². The molecular formula is C26H40N4O7. The lowest BCUT2D eigenvalue weighted by molar-refractivity contribution is -0.132. The van der Waals surface area contributed by atoms with Crippen molar-refractivity contribution in [3.63, 3.8) is 0 Å². The number of carbonyl (C=O) groups excluding carboxylic acids is 4. The molecule has 11 nitrogen and oxygen atoms in total. The van der Waals surface area contributed by atoms with Crippen molar-refractivity contribution in [1.82, 2.24) is 21.3 Å². The summed E-state index contributed by atoms with van der Waals surface area (Å²) in [4.78, 5) is 52.4. The Morgan fingerprint density at radius 3 is 2.38 bits per heavy atom. The Labute approximate surface area is 217 Å². The molecular weight excluding hydrogens is 480 g/mol. The molecule has 4 amide bonds. The highest BCUT2D eigenvalue weighted by molar-refractivity contribution is 6.01. The van der Waals surface area contributed by atoms with E-state index in [4.69, 9.17) is 4.74 Å². The smallest absolute Gasteiger partial charge is 0.255 e. The number of benzene rings is 1. The number of hydrogen-bond acceptors (Lipinski definition) is 7. The summed E-state index contributed by atoms with van der Waals surface area (Å²) in [6.45, 7) is 6.85. The van der Waals surface area contributed by atoms with Crippen LogP contribution in [0.1, 0.15) is 57.3 Å². The molecule has 1 aromatic carbocycles. The van der Waals surface area contributed by atoms with Gasteiger partial charge < -0.3 is 36.2 Å². The number of hydrogen-bond donors (Lipinski definition) is 6. The molecule has 0 bridgehead atoms. The lowest BCUT2D eigenvalue weighted by Crippen LogP contribution is -2.56. The minimum absolute atomic E-state index is 0.105. The van der Waals surface area contributed by atoms with Crippen LogP contribution in [-0.2, 0) is 14.4 Å². The number of carbonyl (C=O) groups is 4. The molecule has 2 rings (SSSR count). The lowest BCUT2D eigenvalue weighted by atomic mass is 9.96. The summed E-state index contributed by atoms with van der Waals surface area (Å²) in [7, 11) is 0. The molecule has 0 fully saturated rings. The van der Waals surface area contributed by atoms with Crippen molar-refractivity contribution in [2.45, 2.75) is 71.1 Å². The first kappa shape index (κ1) is 30.0. The molecule has 1 heterocycles. The first-order chi connectivity index (χ1) is 17.6. The first-order valence-electron chi connectivity index (χ1n) is 12.7. The average Bonchev–Trinajstić information content (AvgIpc) is 2.87. The molecule has 1 aliphatic rings. The number of nitrogens with one attached hydrogen (secondary N) is 4. The van der Waals surface area contributed by atoms with Crippen LogP contribution in [0.15, 0.2) is 24.3 Å². The molecule has 1 aromatic rings. The fourth-order valence-corrected chi connectivity index (χ4v) is 4.01. The van der Waals surface area contributed by atoms with Gasteiger partial charge >= 0.3 is 0 Å². The van der Waals surface area contributed by atoms with Crippen LogP contribution in [0.25, 0.3) is 0 Å². The number of rotatable bonds is 8. The second-order valence-corrected chi connectivity index (χ2v) is 9.87. The highest BCUT2D eigenvalue weighted by Gasteiger charge is 2.32. The summed E-state index contributed by atoms with van der Waals surface area (Å²) < 4.78 is 5.97. The quantitative estimate of drug-likeness (QED) is 0.283. The van der Waals surface area contributed by atoms with Gasteiger partial charge in [-0.1, -0.05) is 46.2 Å². The number of amides is 4. The fraction of sp³-hybridized carbons (Fsp3) is 0.615. The molecule has 4 atom stereocenters. The van der Waals surface area contributed by atoms with E-state index in [1.165, 1.54) is 6.07 Å². The zero-order valence-electron chi connectivity index (χ0n) is 22.0. The van der Waals surface area contributed by atoms with Crippen molar-refractivity contribution in [1.29, 1.82) is 0 Å². The maximum atomic E-state index is 13.3. The second kappa shape index (κ2) is 14.5. The van der Waals surface area contributed by atoms with Crippen molar-refractivity contribution < 1.29 is 34.1 Å². The zero-order valence-corrected chi connectivity index (χ0v) is 22.0. The van der Waals surface area contributed by atoms with Gasteiger partial charge in [0, 0.05) is 0 Å². The van der Waals surface area contributed by atoms with Crippen LogP contribution in [0, 0.1) is 11.8 Å². The molecule has 37 heavy (non-hydrogen) atoms. The zero-order chi connectivity index (χ0) is 27.5. The highest BCUT2D eigenvalue weighted by atomic mass is 16.5. The molecule has 0 saturated heterocycles. The molecule has 11 heteroatoms. The van der Waals surface area contributed by atoms with E-state index in [2.05, 4.69) is 21.3 Å². The van der Waals surface area contributed by atoms with E-state index in [9.17, 15) is 29.4 Å². The minimum atomic E-state index is -1.33. The number of aliphatic hydroxyl groups excluding tert-OH is 2. The molecule has 0 aliphatic carbocycles. The van der Waals surface area contributed by atoms with E-state index >= 15 is 0 Å². The normalized spacial score (nSPS) is 22.2. The van der Waals surface area contributed by atoms with E-state index < -0.39 is 55.5 Å². The van der Waals surface area contributed by atoms with Crippen LogP contribution < -0.4 is 26.0 Å². The van der Waals surface area contributed by atoms with Gasteiger partial charge in [0.25, 0.3) is 5.91 Å². The Kier molecular flexibility index (Phi) is 11.8. The number of ether oxygens (including phenoxy) is 1. The van der Waals surface area contributed by atoms with Gasteiger partial charge in [0.05, 0.1) is 37.3 Å². The Morgan fingerprint density at radius 2 is 1.76 bits per heavy atom. The van der Waals surface area contributed by atoms with E-state index in [1.807, 2.05) is 27.7 Å². The van der Waals surface area contributed by atoms with Crippen molar-refractivity contribution >= 4 is 23.6 Å². The number of aliphatic hydroxyl groups is 2. The van der Waals surface area contributed by atoms with Crippen molar-refractivity contribution in [2.24, 2.45) is 11.8 Å². The van der Waals surface area contributed by atoms with E-state index in [-0.39, 0.29) is 41.7 Å². The summed E-state index contributed by atoms with van der Waals surface area (Å²) in [5.74, 6) is -2.03. The molecule has 0 saturated carbocycles. The predicted molar refractivity (Wildman–Crippen MR) is 137 cm³/mol. The van der Waals surface area contributed by atoms with Gasteiger partial charge in [-0.05, 0) is 30.4 Å². The largest absolute Gasteiger partial charge is 0.491 e. The summed E-state index contributed by atoms with van der Waals surface area (Å²) in [6.07, 6.45) is 0.784. The maximum absolute atomic E-state index is 13.3. The van der Waals surface area contributed by atoms with Gasteiger partial charge in [0.1, 0.15) is 24.4 Å². The van der Waals surface area contributed by atoms with E-state index in [0.717, 1.165) is 0 Å². The first-order valence-corrected chi connectivity index (χ1v) is 12.7. The number of para-hydroxylation sites is 1.